The van der Waals surface area contributed by atoms with Crippen LogP contribution in [0.15, 0.2) is 67.0 Å². The number of nitrogens with zero attached hydrogens (tertiary/aromatic N) is 3. The van der Waals surface area contributed by atoms with Crippen molar-refractivity contribution in [3.63, 3.8) is 0 Å². The molecule has 6 nitrogen and oxygen atoms in total. The quantitative estimate of drug-likeness (QED) is 0.514. The van der Waals surface area contributed by atoms with Crippen LogP contribution in [0, 0.1) is 5.41 Å². The second-order valence-electron chi connectivity index (χ2n) is 10.6. The number of likely N-dealkylation sites (tertiary alicyclic amines) is 1. The number of piperidine rings is 1. The van der Waals surface area contributed by atoms with Gasteiger partial charge in [-0.25, -0.2) is 0 Å². The van der Waals surface area contributed by atoms with Gasteiger partial charge in [-0.2, -0.15) is 0 Å². The average Bonchev–Trinajstić information content (AvgIpc) is 3.53. The molecule has 3 heterocycles. The van der Waals surface area contributed by atoms with E-state index >= 15 is 0 Å². The summed E-state index contributed by atoms with van der Waals surface area (Å²) in [6, 6.07) is 17.1. The highest BCUT2D eigenvalue weighted by atomic mass is 35.5. The fourth-order valence-electron chi connectivity index (χ4n) is 6.25. The maximum absolute atomic E-state index is 13.6. The zero-order chi connectivity index (χ0) is 25.4. The molecule has 2 amide bonds. The van der Waals surface area contributed by atoms with E-state index in [1.54, 1.807) is 12.1 Å². The molecule has 0 saturated carbocycles. The van der Waals surface area contributed by atoms with Crippen molar-refractivity contribution in [2.24, 2.45) is 5.41 Å². The van der Waals surface area contributed by atoms with Crippen LogP contribution in [0.5, 0.6) is 0 Å². The van der Waals surface area contributed by atoms with E-state index in [2.05, 4.69) is 27.3 Å². The summed E-state index contributed by atoms with van der Waals surface area (Å²) in [5, 5.41) is 3.58. The van der Waals surface area contributed by atoms with Gasteiger partial charge in [0.25, 0.3) is 11.8 Å². The van der Waals surface area contributed by atoms with Gasteiger partial charge in [0.15, 0.2) is 0 Å². The van der Waals surface area contributed by atoms with Crippen molar-refractivity contribution in [2.75, 3.05) is 31.1 Å². The van der Waals surface area contributed by atoms with Crippen molar-refractivity contribution in [3.8, 4) is 0 Å². The van der Waals surface area contributed by atoms with Crippen molar-refractivity contribution >= 4 is 29.1 Å². The number of hydrogen-bond acceptors (Lipinski definition) is 4. The molecule has 2 aromatic carbocycles. The number of aromatic nitrogens is 1. The van der Waals surface area contributed by atoms with Crippen molar-refractivity contribution in [3.05, 3.63) is 94.3 Å². The van der Waals surface area contributed by atoms with E-state index in [4.69, 9.17) is 11.6 Å². The topological polar surface area (TPSA) is 65.5 Å². The van der Waals surface area contributed by atoms with Crippen LogP contribution in [0.2, 0.25) is 5.02 Å². The van der Waals surface area contributed by atoms with Gasteiger partial charge in [0, 0.05) is 37.9 Å². The molecule has 0 bridgehead atoms. The molecule has 0 radical (unpaired) electrons. The van der Waals surface area contributed by atoms with Crippen LogP contribution in [0.1, 0.15) is 63.6 Å². The fraction of sp³-hybridized carbons (Fsp3) is 0.367. The molecular formula is C30H31ClN4O2. The zero-order valence-electron chi connectivity index (χ0n) is 20.8. The third-order valence-electron chi connectivity index (χ3n) is 8.46. The van der Waals surface area contributed by atoms with Crippen LogP contribution >= 0.6 is 11.6 Å². The molecule has 2 saturated heterocycles. The average molecular weight is 515 g/mol. The number of rotatable bonds is 4. The first-order chi connectivity index (χ1) is 18.0. The molecule has 1 atom stereocenters. The standard InChI is InChI=1S/C30H31ClN4O2/c31-26-6-2-1-5-24(26)28(36)33-27-10-9-21-7-8-22(18-25(21)27)29(37)35-17-13-30(20-35)11-15-34(16-12-30)23-4-3-14-32-19-23/h1-8,14,18-19,27H,9-13,15-17,20H2,(H,33,36). The van der Waals surface area contributed by atoms with Gasteiger partial charge in [0.1, 0.15) is 0 Å². The predicted molar refractivity (Wildman–Crippen MR) is 145 cm³/mol. The van der Waals surface area contributed by atoms with Gasteiger partial charge >= 0.3 is 0 Å². The summed E-state index contributed by atoms with van der Waals surface area (Å²) in [6.07, 6.45) is 8.68. The Morgan fingerprint density at radius 2 is 1.81 bits per heavy atom. The summed E-state index contributed by atoms with van der Waals surface area (Å²) in [6.45, 7) is 3.62. The van der Waals surface area contributed by atoms with Gasteiger partial charge in [0.05, 0.1) is 28.5 Å². The Bertz CT molecular complexity index is 1320. The third kappa shape index (κ3) is 4.71. The third-order valence-corrected chi connectivity index (χ3v) is 8.78. The maximum Gasteiger partial charge on any atom is 0.253 e. The molecule has 1 aliphatic carbocycles. The minimum absolute atomic E-state index is 0.0949. The first-order valence-corrected chi connectivity index (χ1v) is 13.5. The van der Waals surface area contributed by atoms with Crippen LogP contribution in [-0.2, 0) is 6.42 Å². The smallest absolute Gasteiger partial charge is 0.253 e. The highest BCUT2D eigenvalue weighted by Crippen LogP contribution is 2.42. The number of amides is 2. The van der Waals surface area contributed by atoms with E-state index in [1.807, 2.05) is 47.6 Å². The van der Waals surface area contributed by atoms with Gasteiger partial charge < -0.3 is 15.1 Å². The summed E-state index contributed by atoms with van der Waals surface area (Å²) in [5.74, 6) is -0.0864. The van der Waals surface area contributed by atoms with Gasteiger partial charge in [-0.1, -0.05) is 29.8 Å². The second kappa shape index (κ2) is 9.82. The Hall–Kier alpha value is -3.38. The number of fused-ring (bicyclic) bond motifs is 1. The lowest BCUT2D eigenvalue weighted by Crippen LogP contribution is -2.42. The Morgan fingerprint density at radius 3 is 2.59 bits per heavy atom. The molecule has 1 spiro atoms. The van der Waals surface area contributed by atoms with E-state index in [1.165, 1.54) is 11.3 Å². The van der Waals surface area contributed by atoms with Crippen molar-refractivity contribution in [2.45, 2.75) is 38.1 Å². The summed E-state index contributed by atoms with van der Waals surface area (Å²) in [7, 11) is 0. The number of anilines is 1. The molecule has 3 aromatic rings. The molecule has 7 heteroatoms. The lowest BCUT2D eigenvalue weighted by molar-refractivity contribution is 0.0764. The lowest BCUT2D eigenvalue weighted by atomic mass is 9.77. The molecule has 3 aliphatic rings. The van der Waals surface area contributed by atoms with Crippen LogP contribution < -0.4 is 10.2 Å². The van der Waals surface area contributed by atoms with Gasteiger partial charge in [0.2, 0.25) is 0 Å². The zero-order valence-corrected chi connectivity index (χ0v) is 21.6. The van der Waals surface area contributed by atoms with Crippen LogP contribution in [0.3, 0.4) is 0 Å². The Labute approximate surface area is 222 Å². The summed E-state index contributed by atoms with van der Waals surface area (Å²) < 4.78 is 0. The number of carbonyl (C=O) groups excluding carboxylic acids is 2. The molecule has 1 N–H and O–H groups in total. The molecule has 1 unspecified atom stereocenters. The highest BCUT2D eigenvalue weighted by molar-refractivity contribution is 6.33. The Morgan fingerprint density at radius 1 is 1.00 bits per heavy atom. The molecule has 37 heavy (non-hydrogen) atoms. The monoisotopic (exact) mass is 514 g/mol. The lowest BCUT2D eigenvalue weighted by Gasteiger charge is -2.40. The maximum atomic E-state index is 13.6. The normalized spacial score (nSPS) is 20.2. The minimum Gasteiger partial charge on any atom is -0.370 e. The summed E-state index contributed by atoms with van der Waals surface area (Å²) in [5.41, 5.74) is 4.81. The first-order valence-electron chi connectivity index (χ1n) is 13.1. The summed E-state index contributed by atoms with van der Waals surface area (Å²) >= 11 is 6.23. The molecule has 2 fully saturated rings. The molecule has 6 rings (SSSR count). The van der Waals surface area contributed by atoms with Crippen LogP contribution in [-0.4, -0.2) is 47.9 Å². The van der Waals surface area contributed by atoms with E-state index in [9.17, 15) is 9.59 Å². The molecule has 190 valence electrons. The predicted octanol–water partition coefficient (Wildman–Crippen LogP) is 5.29. The van der Waals surface area contributed by atoms with Crippen molar-refractivity contribution in [1.82, 2.24) is 15.2 Å². The number of carbonyl (C=O) groups is 2. The van der Waals surface area contributed by atoms with Crippen LogP contribution in [0.4, 0.5) is 5.69 Å². The van der Waals surface area contributed by atoms with E-state index in [0.29, 0.717) is 16.1 Å². The first kappa shape index (κ1) is 24.0. The van der Waals surface area contributed by atoms with Gasteiger partial charge in [-0.15, -0.1) is 0 Å². The Kier molecular flexibility index (Phi) is 6.37. The van der Waals surface area contributed by atoms with Crippen molar-refractivity contribution in [1.29, 1.82) is 0 Å². The number of aryl methyl sites for hydroxylation is 1. The number of halogens is 1. The molecule has 2 aliphatic heterocycles. The Balaban J connectivity index is 1.12. The molecule has 1 aromatic heterocycles. The van der Waals surface area contributed by atoms with Gasteiger partial charge in [-0.3, -0.25) is 14.6 Å². The highest BCUT2D eigenvalue weighted by Gasteiger charge is 2.42. The largest absolute Gasteiger partial charge is 0.370 e. The van der Waals surface area contributed by atoms with Crippen LogP contribution in [0.25, 0.3) is 0 Å². The van der Waals surface area contributed by atoms with Crippen molar-refractivity contribution < 1.29 is 9.59 Å². The summed E-state index contributed by atoms with van der Waals surface area (Å²) in [4.78, 5) is 35.1. The number of hydrogen-bond donors (Lipinski definition) is 1. The van der Waals surface area contributed by atoms with E-state index in [0.717, 1.165) is 63.8 Å². The van der Waals surface area contributed by atoms with E-state index < -0.39 is 0 Å². The minimum atomic E-state index is -0.181. The van der Waals surface area contributed by atoms with E-state index in [-0.39, 0.29) is 23.3 Å². The number of nitrogens with one attached hydrogen (secondary N) is 1. The van der Waals surface area contributed by atoms with Gasteiger partial charge in [-0.05, 0) is 85.0 Å². The molecular weight excluding hydrogens is 484 g/mol. The number of benzene rings is 2. The second-order valence-corrected chi connectivity index (χ2v) is 11.0. The number of pyridine rings is 1. The SMILES string of the molecule is O=C(NC1CCc2ccc(C(=O)N3CCC4(CCN(c5cccnc5)CC4)C3)cc21)c1ccccc1Cl. The fourth-order valence-corrected chi connectivity index (χ4v) is 6.47.